The van der Waals surface area contributed by atoms with E-state index in [-0.39, 0.29) is 12.3 Å². The zero-order valence-corrected chi connectivity index (χ0v) is 11.9. The Balaban J connectivity index is 2.23. The van der Waals surface area contributed by atoms with Gasteiger partial charge in [-0.3, -0.25) is 4.72 Å². The van der Waals surface area contributed by atoms with Crippen molar-refractivity contribution in [2.45, 2.75) is 6.42 Å². The van der Waals surface area contributed by atoms with Gasteiger partial charge >= 0.3 is 0 Å². The van der Waals surface area contributed by atoms with Gasteiger partial charge < -0.3 is 5.73 Å². The Kier molecular flexibility index (Phi) is 4.76. The molecular weight excluding hydrogens is 272 g/mol. The van der Waals surface area contributed by atoms with E-state index in [0.29, 0.717) is 12.1 Å². The average molecular weight is 290 g/mol. The molecule has 0 amide bonds. The Morgan fingerprint density at radius 2 is 1.60 bits per heavy atom. The molecule has 2 aromatic rings. The summed E-state index contributed by atoms with van der Waals surface area (Å²) in [6, 6.07) is 17.3. The number of nitrogens with one attached hydrogen (secondary N) is 1. The normalized spacial score (nSPS) is 11.2. The van der Waals surface area contributed by atoms with Crippen molar-refractivity contribution < 1.29 is 8.42 Å². The van der Waals surface area contributed by atoms with Crippen LogP contribution in [-0.4, -0.2) is 20.7 Å². The molecule has 0 radical (unpaired) electrons. The van der Waals surface area contributed by atoms with E-state index in [4.69, 9.17) is 5.73 Å². The molecule has 0 aliphatic carbocycles. The lowest BCUT2D eigenvalue weighted by Gasteiger charge is -2.12. The molecule has 106 valence electrons. The summed E-state index contributed by atoms with van der Waals surface area (Å²) in [5.41, 5.74) is 8.01. The zero-order valence-electron chi connectivity index (χ0n) is 11.1. The highest BCUT2D eigenvalue weighted by molar-refractivity contribution is 7.92. The van der Waals surface area contributed by atoms with Crippen molar-refractivity contribution in [3.8, 4) is 0 Å². The number of nitrogens with two attached hydrogens (primary N) is 1. The molecule has 2 rings (SSSR count). The summed E-state index contributed by atoms with van der Waals surface area (Å²) < 4.78 is 26.2. The van der Waals surface area contributed by atoms with Crippen LogP contribution in [-0.2, 0) is 16.4 Å². The van der Waals surface area contributed by atoms with Crippen LogP contribution in [0, 0.1) is 0 Å². The van der Waals surface area contributed by atoms with Crippen molar-refractivity contribution in [3.63, 3.8) is 0 Å². The van der Waals surface area contributed by atoms with E-state index in [2.05, 4.69) is 4.72 Å². The average Bonchev–Trinajstić information content (AvgIpc) is 2.42. The molecule has 4 nitrogen and oxygen atoms in total. The zero-order chi connectivity index (χ0) is 14.4. The molecule has 0 spiro atoms. The maximum atomic E-state index is 11.8. The Hall–Kier alpha value is -1.85. The number of hydrogen-bond donors (Lipinski definition) is 2. The standard InChI is InChI=1S/C15H18N2O2S/c16-10-11-20(18,19)17-15-9-5-4-8-14(15)12-13-6-2-1-3-7-13/h1-9,17H,10-12,16H2. The highest BCUT2D eigenvalue weighted by Gasteiger charge is 2.11. The molecule has 0 saturated carbocycles. The van der Waals surface area contributed by atoms with Gasteiger partial charge in [-0.2, -0.15) is 0 Å². The summed E-state index contributed by atoms with van der Waals surface area (Å²) in [4.78, 5) is 0. The third kappa shape index (κ3) is 4.08. The predicted molar refractivity (Wildman–Crippen MR) is 82.2 cm³/mol. The molecule has 0 saturated heterocycles. The fraction of sp³-hybridized carbons (Fsp3) is 0.200. The molecule has 0 fully saturated rings. The number of hydrogen-bond acceptors (Lipinski definition) is 3. The third-order valence-corrected chi connectivity index (χ3v) is 4.21. The van der Waals surface area contributed by atoms with E-state index in [1.165, 1.54) is 0 Å². The number of sulfonamides is 1. The second kappa shape index (κ2) is 6.54. The van der Waals surface area contributed by atoms with Crippen molar-refractivity contribution in [1.29, 1.82) is 0 Å². The summed E-state index contributed by atoms with van der Waals surface area (Å²) in [7, 11) is -3.37. The van der Waals surface area contributed by atoms with Crippen LogP contribution in [0.15, 0.2) is 54.6 Å². The molecule has 2 aromatic carbocycles. The molecule has 0 aliphatic rings. The highest BCUT2D eigenvalue weighted by atomic mass is 32.2. The molecule has 0 heterocycles. The van der Waals surface area contributed by atoms with Crippen LogP contribution in [0.5, 0.6) is 0 Å². The topological polar surface area (TPSA) is 72.2 Å². The lowest BCUT2D eigenvalue weighted by molar-refractivity contribution is 0.601. The van der Waals surface area contributed by atoms with Gasteiger partial charge in [0.2, 0.25) is 10.0 Å². The van der Waals surface area contributed by atoms with Gasteiger partial charge in [0.1, 0.15) is 0 Å². The van der Waals surface area contributed by atoms with Gasteiger partial charge in [0, 0.05) is 6.54 Å². The van der Waals surface area contributed by atoms with Crippen LogP contribution in [0.25, 0.3) is 0 Å². The largest absolute Gasteiger partial charge is 0.329 e. The first kappa shape index (κ1) is 14.6. The lowest BCUT2D eigenvalue weighted by Crippen LogP contribution is -2.22. The number of rotatable bonds is 6. The second-order valence-corrected chi connectivity index (χ2v) is 6.37. The molecule has 0 unspecified atom stereocenters. The van der Waals surface area contributed by atoms with Crippen molar-refractivity contribution in [1.82, 2.24) is 0 Å². The number of benzene rings is 2. The molecule has 3 N–H and O–H groups in total. The Labute approximate surface area is 119 Å². The Morgan fingerprint density at radius 1 is 0.950 bits per heavy atom. The summed E-state index contributed by atoms with van der Waals surface area (Å²) in [6.07, 6.45) is 0.683. The maximum Gasteiger partial charge on any atom is 0.233 e. The Morgan fingerprint density at radius 3 is 2.30 bits per heavy atom. The molecule has 0 aliphatic heterocycles. The quantitative estimate of drug-likeness (QED) is 0.854. The maximum absolute atomic E-state index is 11.8. The van der Waals surface area contributed by atoms with Crippen LogP contribution in [0.1, 0.15) is 11.1 Å². The van der Waals surface area contributed by atoms with Gasteiger partial charge in [0.05, 0.1) is 11.4 Å². The first-order chi connectivity index (χ1) is 9.61. The molecule has 5 heteroatoms. The molecule has 0 aromatic heterocycles. The first-order valence-electron chi connectivity index (χ1n) is 6.43. The first-order valence-corrected chi connectivity index (χ1v) is 8.08. The van der Waals surface area contributed by atoms with Gasteiger partial charge in [-0.05, 0) is 23.6 Å². The van der Waals surface area contributed by atoms with Crippen LogP contribution >= 0.6 is 0 Å². The van der Waals surface area contributed by atoms with Gasteiger partial charge in [-0.15, -0.1) is 0 Å². The van der Waals surface area contributed by atoms with Crippen LogP contribution < -0.4 is 10.5 Å². The smallest absolute Gasteiger partial charge is 0.233 e. The fourth-order valence-corrected chi connectivity index (χ4v) is 2.91. The van der Waals surface area contributed by atoms with Gasteiger partial charge in [-0.1, -0.05) is 48.5 Å². The van der Waals surface area contributed by atoms with Crippen molar-refractivity contribution >= 4 is 15.7 Å². The predicted octanol–water partition coefficient (Wildman–Crippen LogP) is 1.98. The minimum atomic E-state index is -3.37. The third-order valence-electron chi connectivity index (χ3n) is 2.91. The van der Waals surface area contributed by atoms with E-state index in [9.17, 15) is 8.42 Å². The number of anilines is 1. The van der Waals surface area contributed by atoms with Crippen molar-refractivity contribution in [2.24, 2.45) is 5.73 Å². The number of para-hydroxylation sites is 1. The molecular formula is C15H18N2O2S. The van der Waals surface area contributed by atoms with Gasteiger partial charge in [0.25, 0.3) is 0 Å². The van der Waals surface area contributed by atoms with Crippen LogP contribution in [0.3, 0.4) is 0 Å². The van der Waals surface area contributed by atoms with E-state index in [1.807, 2.05) is 48.5 Å². The molecule has 20 heavy (non-hydrogen) atoms. The van der Waals surface area contributed by atoms with E-state index < -0.39 is 10.0 Å². The Bertz CT molecular complexity index is 655. The van der Waals surface area contributed by atoms with E-state index in [0.717, 1.165) is 11.1 Å². The second-order valence-electron chi connectivity index (χ2n) is 4.53. The molecule has 0 bridgehead atoms. The van der Waals surface area contributed by atoms with Crippen molar-refractivity contribution in [3.05, 3.63) is 65.7 Å². The van der Waals surface area contributed by atoms with E-state index >= 15 is 0 Å². The van der Waals surface area contributed by atoms with E-state index in [1.54, 1.807) is 6.07 Å². The van der Waals surface area contributed by atoms with Crippen LogP contribution in [0.4, 0.5) is 5.69 Å². The lowest BCUT2D eigenvalue weighted by atomic mass is 10.0. The van der Waals surface area contributed by atoms with Gasteiger partial charge in [0.15, 0.2) is 0 Å². The SMILES string of the molecule is NCCS(=O)(=O)Nc1ccccc1Cc1ccccc1. The van der Waals surface area contributed by atoms with Crippen molar-refractivity contribution in [2.75, 3.05) is 17.0 Å². The summed E-state index contributed by atoms with van der Waals surface area (Å²) in [6.45, 7) is 0.107. The van der Waals surface area contributed by atoms with Crippen LogP contribution in [0.2, 0.25) is 0 Å². The summed E-state index contributed by atoms with van der Waals surface area (Å²) in [5.74, 6) is -0.0767. The fourth-order valence-electron chi connectivity index (χ4n) is 1.96. The highest BCUT2D eigenvalue weighted by Crippen LogP contribution is 2.20. The molecule has 0 atom stereocenters. The summed E-state index contributed by atoms with van der Waals surface area (Å²) in [5, 5.41) is 0. The minimum Gasteiger partial charge on any atom is -0.329 e. The summed E-state index contributed by atoms with van der Waals surface area (Å²) >= 11 is 0. The monoisotopic (exact) mass is 290 g/mol. The minimum absolute atomic E-state index is 0.0767. The van der Waals surface area contributed by atoms with Gasteiger partial charge in [-0.25, -0.2) is 8.42 Å².